The lowest BCUT2D eigenvalue weighted by Gasteiger charge is -2.15. The maximum Gasteiger partial charge on any atom is 0.223 e. The predicted molar refractivity (Wildman–Crippen MR) is 159 cm³/mol. The lowest BCUT2D eigenvalue weighted by Crippen LogP contribution is -2.35. The fourth-order valence-corrected chi connectivity index (χ4v) is 3.70. The Morgan fingerprint density at radius 3 is 1.83 bits per heavy atom. The van der Waals surface area contributed by atoms with Crippen LogP contribution in [0.5, 0.6) is 0 Å². The topological polar surface area (TPSA) is 187 Å². The first-order valence-electron chi connectivity index (χ1n) is 14.7. The minimum absolute atomic E-state index is 0.0474. The van der Waals surface area contributed by atoms with Crippen molar-refractivity contribution in [1.29, 1.82) is 0 Å². The number of amides is 3. The number of hydrogen-bond acceptors (Lipinski definition) is 10. The summed E-state index contributed by atoms with van der Waals surface area (Å²) in [4.78, 5) is 59.3. The highest BCUT2D eigenvalue weighted by atomic mass is 16.5. The van der Waals surface area contributed by atoms with E-state index in [-0.39, 0.29) is 48.7 Å². The molecule has 0 fully saturated rings. The molecule has 0 aromatic heterocycles. The van der Waals surface area contributed by atoms with E-state index in [4.69, 9.17) is 19.9 Å². The summed E-state index contributed by atoms with van der Waals surface area (Å²) in [6.07, 6.45) is 3.25. The molecular weight excluding hydrogens is 546 g/mol. The molecule has 0 spiro atoms. The Morgan fingerprint density at radius 1 is 0.738 bits per heavy atom. The summed E-state index contributed by atoms with van der Waals surface area (Å²) in [6, 6.07) is 0. The molecule has 0 aromatic carbocycles. The van der Waals surface area contributed by atoms with Gasteiger partial charge in [0.05, 0.1) is 38.8 Å². The molecule has 0 bridgehead atoms. The summed E-state index contributed by atoms with van der Waals surface area (Å²) >= 11 is 0. The molecule has 0 aromatic rings. The quantitative estimate of drug-likeness (QED) is 0.0796. The molecule has 0 aliphatic heterocycles. The monoisotopic (exact) mass is 599 g/mol. The SMILES string of the molecule is C=C(N)NCCC[C@H](CC(=O)CNC(=O)[C@@H](C)CCC(=O)NCCCOCCOCCOCCCNC(C)=O)C(C)=O. The second kappa shape index (κ2) is 25.7. The molecule has 0 saturated heterocycles. The van der Waals surface area contributed by atoms with Crippen molar-refractivity contribution in [3.63, 3.8) is 0 Å². The highest BCUT2D eigenvalue weighted by Crippen LogP contribution is 2.13. The van der Waals surface area contributed by atoms with Gasteiger partial charge >= 0.3 is 0 Å². The van der Waals surface area contributed by atoms with Gasteiger partial charge in [-0.15, -0.1) is 0 Å². The van der Waals surface area contributed by atoms with E-state index in [0.717, 1.165) is 6.42 Å². The second-order valence-corrected chi connectivity index (χ2v) is 10.2. The van der Waals surface area contributed by atoms with Gasteiger partial charge in [-0.2, -0.15) is 0 Å². The predicted octanol–water partition coefficient (Wildman–Crippen LogP) is 0.565. The Morgan fingerprint density at radius 2 is 1.29 bits per heavy atom. The van der Waals surface area contributed by atoms with Gasteiger partial charge in [-0.05, 0) is 39.0 Å². The van der Waals surface area contributed by atoms with E-state index in [2.05, 4.69) is 27.8 Å². The third-order valence-corrected chi connectivity index (χ3v) is 6.21. The molecule has 0 aliphatic rings. The van der Waals surface area contributed by atoms with E-state index in [1.165, 1.54) is 13.8 Å². The molecule has 6 N–H and O–H groups in total. The van der Waals surface area contributed by atoms with E-state index in [1.807, 2.05) is 0 Å². The largest absolute Gasteiger partial charge is 0.386 e. The molecule has 13 heteroatoms. The van der Waals surface area contributed by atoms with Crippen molar-refractivity contribution in [3.05, 3.63) is 12.4 Å². The number of nitrogens with two attached hydrogens (primary N) is 1. The molecule has 242 valence electrons. The summed E-state index contributed by atoms with van der Waals surface area (Å²) in [5.41, 5.74) is 5.45. The maximum absolute atomic E-state index is 12.3. The summed E-state index contributed by atoms with van der Waals surface area (Å²) < 4.78 is 16.3. The van der Waals surface area contributed by atoms with E-state index in [9.17, 15) is 24.0 Å². The van der Waals surface area contributed by atoms with Crippen molar-refractivity contribution in [2.24, 2.45) is 17.6 Å². The third-order valence-electron chi connectivity index (χ3n) is 6.21. The Bertz CT molecular complexity index is 824. The van der Waals surface area contributed by atoms with Gasteiger partial charge in [-0.25, -0.2) is 0 Å². The molecule has 0 rings (SSSR count). The number of ether oxygens (including phenoxy) is 3. The summed E-state index contributed by atoms with van der Waals surface area (Å²) in [7, 11) is 0. The standard InChI is InChI=1S/C29H53N5O8/c1-22(29(39)34-21-27(37)20-26(23(2)35)8-5-11-31-24(3)30)9-10-28(38)33-13-7-15-41-17-19-42-18-16-40-14-6-12-32-25(4)36/h22,26,31H,3,5-21,30H2,1-2,4H3,(H,32,36)(H,33,38)(H,34,39)/t22-,26+/m0/s1. The highest BCUT2D eigenvalue weighted by molar-refractivity contribution is 5.90. The first-order chi connectivity index (χ1) is 20.0. The fraction of sp³-hybridized carbons (Fsp3) is 0.759. The smallest absolute Gasteiger partial charge is 0.223 e. The highest BCUT2D eigenvalue weighted by Gasteiger charge is 2.20. The van der Waals surface area contributed by atoms with Gasteiger partial charge in [-0.3, -0.25) is 24.0 Å². The molecule has 0 radical (unpaired) electrons. The van der Waals surface area contributed by atoms with E-state index in [1.54, 1.807) is 6.92 Å². The zero-order valence-corrected chi connectivity index (χ0v) is 25.7. The molecular formula is C29H53N5O8. The van der Waals surface area contributed by atoms with Crippen LogP contribution in [-0.2, 0) is 38.2 Å². The number of hydrogen-bond donors (Lipinski definition) is 5. The van der Waals surface area contributed by atoms with Crippen molar-refractivity contribution in [1.82, 2.24) is 21.3 Å². The first kappa shape index (κ1) is 39.0. The number of nitrogens with one attached hydrogen (secondary N) is 4. The summed E-state index contributed by atoms with van der Waals surface area (Å²) in [5.74, 6) is -1.24. The van der Waals surface area contributed by atoms with E-state index < -0.39 is 11.8 Å². The van der Waals surface area contributed by atoms with Gasteiger partial charge in [-0.1, -0.05) is 13.5 Å². The average Bonchev–Trinajstić information content (AvgIpc) is 2.93. The van der Waals surface area contributed by atoms with E-state index >= 15 is 0 Å². The van der Waals surface area contributed by atoms with E-state index in [0.29, 0.717) is 90.8 Å². The zero-order chi connectivity index (χ0) is 31.6. The third kappa shape index (κ3) is 24.7. The van der Waals surface area contributed by atoms with Crippen LogP contribution < -0.4 is 27.0 Å². The van der Waals surface area contributed by atoms with Crippen LogP contribution in [0.25, 0.3) is 0 Å². The van der Waals surface area contributed by atoms with Crippen molar-refractivity contribution in [3.8, 4) is 0 Å². The molecule has 0 heterocycles. The molecule has 2 atom stereocenters. The maximum atomic E-state index is 12.3. The molecule has 0 aliphatic carbocycles. The minimum atomic E-state index is -0.430. The fourth-order valence-electron chi connectivity index (χ4n) is 3.70. The lowest BCUT2D eigenvalue weighted by atomic mass is 9.93. The molecule has 3 amide bonds. The Labute approximate surface area is 250 Å². The normalized spacial score (nSPS) is 12.2. The van der Waals surface area contributed by atoms with Crippen molar-refractivity contribution in [2.75, 3.05) is 65.8 Å². The van der Waals surface area contributed by atoms with Crippen LogP contribution in [0.4, 0.5) is 0 Å². The van der Waals surface area contributed by atoms with Crippen LogP contribution in [0.2, 0.25) is 0 Å². The van der Waals surface area contributed by atoms with Crippen LogP contribution in [0.15, 0.2) is 12.4 Å². The summed E-state index contributed by atoms with van der Waals surface area (Å²) in [6.45, 7) is 12.6. The van der Waals surface area contributed by atoms with Crippen LogP contribution >= 0.6 is 0 Å². The zero-order valence-electron chi connectivity index (χ0n) is 25.7. The van der Waals surface area contributed by atoms with Crippen molar-refractivity contribution < 1.29 is 38.2 Å². The molecule has 13 nitrogen and oxygen atoms in total. The van der Waals surface area contributed by atoms with Gasteiger partial charge in [0.2, 0.25) is 17.7 Å². The molecule has 42 heavy (non-hydrogen) atoms. The van der Waals surface area contributed by atoms with Gasteiger partial charge in [0.15, 0.2) is 5.78 Å². The second-order valence-electron chi connectivity index (χ2n) is 10.2. The van der Waals surface area contributed by atoms with Crippen molar-refractivity contribution in [2.45, 2.75) is 65.7 Å². The molecule has 0 unspecified atom stereocenters. The molecule has 0 saturated carbocycles. The number of Topliss-reactive ketones (excluding diaryl/α,β-unsaturated/α-hetero) is 2. The Hall–Kier alpha value is -3.03. The van der Waals surface area contributed by atoms with Gasteiger partial charge in [0.1, 0.15) is 5.78 Å². The van der Waals surface area contributed by atoms with Crippen LogP contribution in [-0.4, -0.2) is 95.1 Å². The number of rotatable bonds is 28. The van der Waals surface area contributed by atoms with Crippen LogP contribution in [0.1, 0.15) is 65.7 Å². The Kier molecular flexibility index (Phi) is 23.8. The van der Waals surface area contributed by atoms with Gasteiger partial charge in [0, 0.05) is 64.4 Å². The Balaban J connectivity index is 3.78. The van der Waals surface area contributed by atoms with Gasteiger partial charge < -0.3 is 41.2 Å². The number of carbonyl (C=O) groups is 5. The number of carbonyl (C=O) groups excluding carboxylic acids is 5. The summed E-state index contributed by atoms with van der Waals surface area (Å²) in [5, 5.41) is 11.0. The minimum Gasteiger partial charge on any atom is -0.386 e. The average molecular weight is 600 g/mol. The van der Waals surface area contributed by atoms with Crippen LogP contribution in [0, 0.1) is 11.8 Å². The number of ketones is 2. The van der Waals surface area contributed by atoms with Crippen LogP contribution in [0.3, 0.4) is 0 Å². The van der Waals surface area contributed by atoms with Crippen molar-refractivity contribution >= 4 is 29.3 Å². The lowest BCUT2D eigenvalue weighted by molar-refractivity contribution is -0.129. The first-order valence-corrected chi connectivity index (χ1v) is 14.7. The van der Waals surface area contributed by atoms with Gasteiger partial charge in [0.25, 0.3) is 0 Å².